The number of nitrogens with zero attached hydrogens (tertiary/aromatic N) is 3. The third kappa shape index (κ3) is 2.88. The summed E-state index contributed by atoms with van der Waals surface area (Å²) < 4.78 is 2.07. The van der Waals surface area contributed by atoms with Gasteiger partial charge in [0.05, 0.1) is 5.56 Å². The number of nitrogens with one attached hydrogen (secondary N) is 1. The summed E-state index contributed by atoms with van der Waals surface area (Å²) >= 11 is 1.37. The highest BCUT2D eigenvalue weighted by molar-refractivity contribution is 7.13. The Labute approximate surface area is 155 Å². The third-order valence-corrected chi connectivity index (χ3v) is 5.53. The SMILES string of the molecule is CCn1cc(C(=O)N2CCC[C@H]2C(=O)Nc2nccs2)c2ccccc21. The molecule has 1 fully saturated rings. The molecule has 0 spiro atoms. The number of carbonyl (C=O) groups is 2. The summed E-state index contributed by atoms with van der Waals surface area (Å²) in [6, 6.07) is 7.45. The van der Waals surface area contributed by atoms with Crippen molar-refractivity contribution in [2.75, 3.05) is 11.9 Å². The molecular weight excluding hydrogens is 348 g/mol. The van der Waals surface area contributed by atoms with Crippen LogP contribution in [0.25, 0.3) is 10.9 Å². The molecule has 1 atom stereocenters. The van der Waals surface area contributed by atoms with Crippen LogP contribution < -0.4 is 5.32 Å². The molecular formula is C19H20N4O2S. The number of fused-ring (bicyclic) bond motifs is 1. The first-order valence-corrected chi connectivity index (χ1v) is 9.66. The molecule has 2 amide bonds. The van der Waals surface area contributed by atoms with Crippen LogP contribution >= 0.6 is 11.3 Å². The van der Waals surface area contributed by atoms with Crippen LogP contribution in [0.2, 0.25) is 0 Å². The van der Waals surface area contributed by atoms with Crippen LogP contribution in [0.4, 0.5) is 5.13 Å². The number of hydrogen-bond donors (Lipinski definition) is 1. The normalized spacial score (nSPS) is 17.0. The number of hydrogen-bond acceptors (Lipinski definition) is 4. The van der Waals surface area contributed by atoms with Crippen molar-refractivity contribution >= 4 is 39.2 Å². The minimum absolute atomic E-state index is 0.0785. The average Bonchev–Trinajstić information content (AvgIpc) is 3.40. The Bertz CT molecular complexity index is 948. The Hall–Kier alpha value is -2.67. The average molecular weight is 368 g/mol. The first-order chi connectivity index (χ1) is 12.7. The molecule has 1 aliphatic heterocycles. The lowest BCUT2D eigenvalue weighted by molar-refractivity contribution is -0.119. The van der Waals surface area contributed by atoms with E-state index in [1.54, 1.807) is 11.1 Å². The first kappa shape index (κ1) is 16.8. The van der Waals surface area contributed by atoms with E-state index in [-0.39, 0.29) is 11.8 Å². The summed E-state index contributed by atoms with van der Waals surface area (Å²) in [5.74, 6) is -0.241. The number of thiazole rings is 1. The van der Waals surface area contributed by atoms with Crippen molar-refractivity contribution in [3.05, 3.63) is 47.6 Å². The molecule has 134 valence electrons. The molecule has 0 radical (unpaired) electrons. The molecule has 2 aromatic heterocycles. The predicted molar refractivity (Wildman–Crippen MR) is 102 cm³/mol. The Morgan fingerprint density at radius 2 is 2.19 bits per heavy atom. The maximum atomic E-state index is 13.2. The quantitative estimate of drug-likeness (QED) is 0.768. The molecule has 1 saturated heterocycles. The zero-order valence-electron chi connectivity index (χ0n) is 14.5. The smallest absolute Gasteiger partial charge is 0.256 e. The van der Waals surface area contributed by atoms with Gasteiger partial charge in [0.1, 0.15) is 6.04 Å². The number of aryl methyl sites for hydroxylation is 1. The van der Waals surface area contributed by atoms with Gasteiger partial charge in [0.25, 0.3) is 5.91 Å². The van der Waals surface area contributed by atoms with Crippen molar-refractivity contribution in [1.29, 1.82) is 0 Å². The molecule has 0 bridgehead atoms. The highest BCUT2D eigenvalue weighted by Crippen LogP contribution is 2.27. The molecule has 1 aromatic carbocycles. The lowest BCUT2D eigenvalue weighted by atomic mass is 10.1. The van der Waals surface area contributed by atoms with Gasteiger partial charge in [0.15, 0.2) is 5.13 Å². The van der Waals surface area contributed by atoms with Gasteiger partial charge in [-0.05, 0) is 25.8 Å². The van der Waals surface area contributed by atoms with E-state index >= 15 is 0 Å². The molecule has 7 heteroatoms. The van der Waals surface area contributed by atoms with Crippen LogP contribution in [-0.2, 0) is 11.3 Å². The fourth-order valence-corrected chi connectivity index (χ4v) is 4.12. The summed E-state index contributed by atoms with van der Waals surface area (Å²) in [5.41, 5.74) is 1.71. The van der Waals surface area contributed by atoms with Crippen LogP contribution in [0.3, 0.4) is 0 Å². The minimum atomic E-state index is -0.449. The van der Waals surface area contributed by atoms with E-state index in [9.17, 15) is 9.59 Å². The molecule has 26 heavy (non-hydrogen) atoms. The molecule has 6 nitrogen and oxygen atoms in total. The topological polar surface area (TPSA) is 67.2 Å². The molecule has 3 heterocycles. The second-order valence-corrected chi connectivity index (χ2v) is 7.22. The fraction of sp³-hybridized carbons (Fsp3) is 0.316. The monoisotopic (exact) mass is 368 g/mol. The first-order valence-electron chi connectivity index (χ1n) is 8.78. The lowest BCUT2D eigenvalue weighted by Crippen LogP contribution is -2.43. The summed E-state index contributed by atoms with van der Waals surface area (Å²) in [7, 11) is 0. The van der Waals surface area contributed by atoms with Crippen molar-refractivity contribution in [3.8, 4) is 0 Å². The Morgan fingerprint density at radius 3 is 2.96 bits per heavy atom. The number of likely N-dealkylation sites (tertiary alicyclic amines) is 1. The highest BCUT2D eigenvalue weighted by atomic mass is 32.1. The van der Waals surface area contributed by atoms with E-state index in [0.717, 1.165) is 23.9 Å². The van der Waals surface area contributed by atoms with E-state index in [2.05, 4.69) is 21.8 Å². The predicted octanol–water partition coefficient (Wildman–Crippen LogP) is 3.36. The molecule has 1 N–H and O–H groups in total. The number of rotatable bonds is 4. The molecule has 0 aliphatic carbocycles. The third-order valence-electron chi connectivity index (χ3n) is 4.84. The number of anilines is 1. The molecule has 1 aliphatic rings. The molecule has 4 rings (SSSR count). The summed E-state index contributed by atoms with van der Waals surface area (Å²) in [5, 5.41) is 6.14. The van der Waals surface area contributed by atoms with Crippen LogP contribution in [0.5, 0.6) is 0 Å². The summed E-state index contributed by atoms with van der Waals surface area (Å²) in [4.78, 5) is 31.7. The van der Waals surface area contributed by atoms with Gasteiger partial charge in [0, 0.05) is 41.8 Å². The van der Waals surface area contributed by atoms with Crippen LogP contribution in [0, 0.1) is 0 Å². The van der Waals surface area contributed by atoms with Crippen LogP contribution in [0.15, 0.2) is 42.0 Å². The Morgan fingerprint density at radius 1 is 1.35 bits per heavy atom. The van der Waals surface area contributed by atoms with Crippen molar-refractivity contribution in [3.63, 3.8) is 0 Å². The summed E-state index contributed by atoms with van der Waals surface area (Å²) in [6.45, 7) is 3.45. The van der Waals surface area contributed by atoms with Crippen LogP contribution in [0.1, 0.15) is 30.1 Å². The Balaban J connectivity index is 1.62. The number of aromatic nitrogens is 2. The number of benzene rings is 1. The van der Waals surface area contributed by atoms with Gasteiger partial charge in [-0.1, -0.05) is 18.2 Å². The fourth-order valence-electron chi connectivity index (χ4n) is 3.59. The van der Waals surface area contributed by atoms with Crippen LogP contribution in [-0.4, -0.2) is 38.9 Å². The maximum absolute atomic E-state index is 13.2. The van der Waals surface area contributed by atoms with E-state index < -0.39 is 6.04 Å². The van der Waals surface area contributed by atoms with Crippen molar-refractivity contribution in [1.82, 2.24) is 14.5 Å². The van der Waals surface area contributed by atoms with Gasteiger partial charge in [0.2, 0.25) is 5.91 Å². The van der Waals surface area contributed by atoms with Gasteiger partial charge >= 0.3 is 0 Å². The van der Waals surface area contributed by atoms with E-state index in [1.807, 2.05) is 35.8 Å². The second-order valence-electron chi connectivity index (χ2n) is 6.33. The highest BCUT2D eigenvalue weighted by Gasteiger charge is 2.35. The van der Waals surface area contributed by atoms with E-state index in [1.165, 1.54) is 11.3 Å². The van der Waals surface area contributed by atoms with Gasteiger partial charge in [-0.3, -0.25) is 9.59 Å². The van der Waals surface area contributed by atoms with Gasteiger partial charge < -0.3 is 14.8 Å². The molecule has 3 aromatic rings. The van der Waals surface area contributed by atoms with E-state index in [4.69, 9.17) is 0 Å². The lowest BCUT2D eigenvalue weighted by Gasteiger charge is -2.23. The minimum Gasteiger partial charge on any atom is -0.347 e. The van der Waals surface area contributed by atoms with Crippen molar-refractivity contribution in [2.45, 2.75) is 32.4 Å². The number of amides is 2. The molecule has 0 unspecified atom stereocenters. The van der Waals surface area contributed by atoms with Gasteiger partial charge in [-0.25, -0.2) is 4.98 Å². The standard InChI is InChI=1S/C19H20N4O2S/c1-2-22-12-14(13-6-3-4-7-15(13)22)18(25)23-10-5-8-16(23)17(24)21-19-20-9-11-26-19/h3-4,6-7,9,11-12,16H,2,5,8,10H2,1H3,(H,20,21,24)/t16-/m0/s1. The largest absolute Gasteiger partial charge is 0.347 e. The number of carbonyl (C=O) groups excluding carboxylic acids is 2. The van der Waals surface area contributed by atoms with Gasteiger partial charge in [-0.2, -0.15) is 0 Å². The summed E-state index contributed by atoms with van der Waals surface area (Å²) in [6.07, 6.45) is 5.06. The van der Waals surface area contributed by atoms with E-state index in [0.29, 0.717) is 23.7 Å². The Kier molecular flexibility index (Phi) is 4.46. The number of para-hydroxylation sites is 1. The second kappa shape index (κ2) is 6.92. The maximum Gasteiger partial charge on any atom is 0.256 e. The molecule has 0 saturated carbocycles. The zero-order valence-corrected chi connectivity index (χ0v) is 15.3. The van der Waals surface area contributed by atoms with Crippen molar-refractivity contribution in [2.24, 2.45) is 0 Å². The van der Waals surface area contributed by atoms with Crippen molar-refractivity contribution < 1.29 is 9.59 Å². The zero-order chi connectivity index (χ0) is 18.1. The van der Waals surface area contributed by atoms with Gasteiger partial charge in [-0.15, -0.1) is 11.3 Å².